The Morgan fingerprint density at radius 2 is 1.79 bits per heavy atom. The lowest BCUT2D eigenvalue weighted by atomic mass is 9.44. The first kappa shape index (κ1) is 16.8. The largest absolute Gasteiger partial charge is 0.389 e. The van der Waals surface area contributed by atoms with Gasteiger partial charge in [-0.3, -0.25) is 9.59 Å². The summed E-state index contributed by atoms with van der Waals surface area (Å²) >= 11 is 0. The first-order chi connectivity index (χ1) is 11.4. The molecule has 134 valence electrons. The van der Waals surface area contributed by atoms with E-state index in [1.807, 2.05) is 0 Å². The van der Waals surface area contributed by atoms with Crippen LogP contribution < -0.4 is 0 Å². The standard InChI is InChI=1S/C21H32O3/c1-20-9-7-14(23)11-13(20)3-4-15-16-5-6-18(19(24)12-22)21(16,2)10-8-17(15)20/h13,15-18,22H,3-12H2,1-2H3/t13-,15?,16?,17?,18-,20+,21+/m1/s1. The summed E-state index contributed by atoms with van der Waals surface area (Å²) < 4.78 is 0. The minimum Gasteiger partial charge on any atom is -0.389 e. The molecule has 0 aromatic heterocycles. The molecule has 0 saturated heterocycles. The number of ketones is 2. The summed E-state index contributed by atoms with van der Waals surface area (Å²) in [4.78, 5) is 24.2. The first-order valence-electron chi connectivity index (χ1n) is 10.1. The van der Waals surface area contributed by atoms with E-state index in [4.69, 9.17) is 0 Å². The number of hydrogen-bond acceptors (Lipinski definition) is 3. The Morgan fingerprint density at radius 1 is 1.04 bits per heavy atom. The van der Waals surface area contributed by atoms with Gasteiger partial charge in [-0.05, 0) is 79.4 Å². The van der Waals surface area contributed by atoms with Gasteiger partial charge in [0.2, 0.25) is 0 Å². The van der Waals surface area contributed by atoms with Gasteiger partial charge in [0.05, 0.1) is 0 Å². The van der Waals surface area contributed by atoms with Crippen LogP contribution in [0.3, 0.4) is 0 Å². The molecule has 4 saturated carbocycles. The van der Waals surface area contributed by atoms with E-state index >= 15 is 0 Å². The van der Waals surface area contributed by atoms with Gasteiger partial charge in [0.15, 0.2) is 5.78 Å². The molecule has 0 bridgehead atoms. The van der Waals surface area contributed by atoms with Crippen LogP contribution in [0.25, 0.3) is 0 Å². The molecule has 4 fully saturated rings. The number of aliphatic hydroxyl groups is 1. The molecule has 0 spiro atoms. The Kier molecular flexibility index (Phi) is 3.95. The molecule has 0 radical (unpaired) electrons. The Hall–Kier alpha value is -0.700. The van der Waals surface area contributed by atoms with Gasteiger partial charge < -0.3 is 5.11 Å². The molecule has 0 aromatic carbocycles. The molecule has 0 heterocycles. The first-order valence-corrected chi connectivity index (χ1v) is 10.1. The normalized spacial score (nSPS) is 50.8. The van der Waals surface area contributed by atoms with Crippen LogP contribution in [0.4, 0.5) is 0 Å². The van der Waals surface area contributed by atoms with E-state index in [1.54, 1.807) is 0 Å². The number of fused-ring (bicyclic) bond motifs is 5. The summed E-state index contributed by atoms with van der Waals surface area (Å²) in [5.41, 5.74) is 0.450. The Morgan fingerprint density at radius 3 is 2.54 bits per heavy atom. The predicted molar refractivity (Wildman–Crippen MR) is 92.3 cm³/mol. The van der Waals surface area contributed by atoms with Gasteiger partial charge in [0.1, 0.15) is 12.4 Å². The fourth-order valence-corrected chi connectivity index (χ4v) is 7.68. The summed E-state index contributed by atoms with van der Waals surface area (Å²) in [6.07, 6.45) is 9.61. The molecular formula is C21H32O3. The van der Waals surface area contributed by atoms with Gasteiger partial charge in [0.25, 0.3) is 0 Å². The molecule has 4 aliphatic rings. The maximum absolute atomic E-state index is 12.3. The van der Waals surface area contributed by atoms with Crippen LogP contribution in [0.2, 0.25) is 0 Å². The fraction of sp³-hybridized carbons (Fsp3) is 0.905. The molecule has 3 nitrogen and oxygen atoms in total. The van der Waals surface area contributed by atoms with Crippen molar-refractivity contribution >= 4 is 11.6 Å². The van der Waals surface area contributed by atoms with Crippen molar-refractivity contribution in [3.8, 4) is 0 Å². The Labute approximate surface area is 145 Å². The van der Waals surface area contributed by atoms with E-state index < -0.39 is 0 Å². The van der Waals surface area contributed by atoms with Crippen molar-refractivity contribution in [3.05, 3.63) is 0 Å². The average Bonchev–Trinajstić information content (AvgIpc) is 2.92. The SMILES string of the molecule is C[C@]12CCC3C(CC[C@@H]4CC(=O)CC[C@]34C)C1CC[C@@H]2C(=O)CO. The Bertz CT molecular complexity index is 555. The molecule has 0 aromatic rings. The molecule has 4 aliphatic carbocycles. The van der Waals surface area contributed by atoms with Gasteiger partial charge in [0, 0.05) is 18.8 Å². The summed E-state index contributed by atoms with van der Waals surface area (Å²) in [5, 5.41) is 9.37. The topological polar surface area (TPSA) is 54.4 Å². The van der Waals surface area contributed by atoms with Gasteiger partial charge in [-0.1, -0.05) is 13.8 Å². The number of carbonyl (C=O) groups excluding carboxylic acids is 2. The molecule has 0 aliphatic heterocycles. The molecule has 0 amide bonds. The smallest absolute Gasteiger partial charge is 0.161 e. The Balaban J connectivity index is 1.61. The molecule has 1 N–H and O–H groups in total. The second kappa shape index (κ2) is 5.65. The van der Waals surface area contributed by atoms with E-state index in [2.05, 4.69) is 13.8 Å². The van der Waals surface area contributed by atoms with Crippen molar-refractivity contribution in [1.82, 2.24) is 0 Å². The molecule has 3 heteroatoms. The van der Waals surface area contributed by atoms with Crippen LogP contribution in [0.15, 0.2) is 0 Å². The zero-order valence-electron chi connectivity index (χ0n) is 15.2. The van der Waals surface area contributed by atoms with Crippen molar-refractivity contribution in [1.29, 1.82) is 0 Å². The minimum absolute atomic E-state index is 0.0709. The molecular weight excluding hydrogens is 300 g/mol. The van der Waals surface area contributed by atoms with Gasteiger partial charge in [-0.15, -0.1) is 0 Å². The van der Waals surface area contributed by atoms with E-state index in [0.29, 0.717) is 23.0 Å². The third-order valence-electron chi connectivity index (χ3n) is 9.03. The number of carbonyl (C=O) groups is 2. The highest BCUT2D eigenvalue weighted by Gasteiger charge is 2.60. The minimum atomic E-state index is -0.289. The quantitative estimate of drug-likeness (QED) is 0.837. The maximum atomic E-state index is 12.3. The number of rotatable bonds is 2. The number of hydrogen-bond donors (Lipinski definition) is 1. The zero-order valence-corrected chi connectivity index (χ0v) is 15.2. The third-order valence-corrected chi connectivity index (χ3v) is 9.03. The summed E-state index contributed by atoms with van der Waals surface area (Å²) in [5.74, 6) is 3.34. The van der Waals surface area contributed by atoms with Gasteiger partial charge in [-0.25, -0.2) is 0 Å². The van der Waals surface area contributed by atoms with Crippen molar-refractivity contribution in [2.75, 3.05) is 6.61 Å². The lowest BCUT2D eigenvalue weighted by Gasteiger charge is -2.60. The van der Waals surface area contributed by atoms with Crippen molar-refractivity contribution in [2.24, 2.45) is 40.4 Å². The summed E-state index contributed by atoms with van der Waals surface area (Å²) in [6, 6.07) is 0. The lowest BCUT2D eigenvalue weighted by Crippen LogP contribution is -2.54. The fourth-order valence-electron chi connectivity index (χ4n) is 7.68. The lowest BCUT2D eigenvalue weighted by molar-refractivity contribution is -0.144. The van der Waals surface area contributed by atoms with Crippen molar-refractivity contribution in [3.63, 3.8) is 0 Å². The third kappa shape index (κ3) is 2.19. The van der Waals surface area contributed by atoms with Crippen molar-refractivity contribution < 1.29 is 14.7 Å². The van der Waals surface area contributed by atoms with Crippen LogP contribution in [0, 0.1) is 40.4 Å². The van der Waals surface area contributed by atoms with E-state index in [-0.39, 0.29) is 23.7 Å². The number of aliphatic hydroxyl groups excluding tert-OH is 1. The zero-order chi connectivity index (χ0) is 17.1. The second-order valence-electron chi connectivity index (χ2n) is 9.70. The van der Waals surface area contributed by atoms with Gasteiger partial charge >= 0.3 is 0 Å². The molecule has 7 atom stereocenters. The van der Waals surface area contributed by atoms with Crippen LogP contribution >= 0.6 is 0 Å². The molecule has 4 rings (SSSR count). The van der Waals surface area contributed by atoms with Crippen LogP contribution in [-0.4, -0.2) is 23.3 Å². The number of Topliss-reactive ketones (excluding diaryl/α,β-unsaturated/α-hetero) is 2. The van der Waals surface area contributed by atoms with Gasteiger partial charge in [-0.2, -0.15) is 0 Å². The summed E-state index contributed by atoms with van der Waals surface area (Å²) in [7, 11) is 0. The highest BCUT2D eigenvalue weighted by atomic mass is 16.3. The van der Waals surface area contributed by atoms with Crippen LogP contribution in [0.5, 0.6) is 0 Å². The van der Waals surface area contributed by atoms with Crippen LogP contribution in [0.1, 0.15) is 71.6 Å². The summed E-state index contributed by atoms with van der Waals surface area (Å²) in [6.45, 7) is 4.51. The van der Waals surface area contributed by atoms with E-state index in [9.17, 15) is 14.7 Å². The van der Waals surface area contributed by atoms with Crippen LogP contribution in [-0.2, 0) is 9.59 Å². The van der Waals surface area contributed by atoms with E-state index in [1.165, 1.54) is 19.3 Å². The van der Waals surface area contributed by atoms with Crippen molar-refractivity contribution in [2.45, 2.75) is 71.6 Å². The van der Waals surface area contributed by atoms with E-state index in [0.717, 1.165) is 50.4 Å². The molecule has 24 heavy (non-hydrogen) atoms. The molecule has 3 unspecified atom stereocenters. The second-order valence-corrected chi connectivity index (χ2v) is 9.70. The highest BCUT2D eigenvalue weighted by Crippen LogP contribution is 2.67. The average molecular weight is 332 g/mol. The predicted octanol–water partition coefficient (Wildman–Crippen LogP) is 3.78. The monoisotopic (exact) mass is 332 g/mol. The maximum Gasteiger partial charge on any atom is 0.161 e. The highest BCUT2D eigenvalue weighted by molar-refractivity contribution is 5.83.